The predicted molar refractivity (Wildman–Crippen MR) is 132 cm³/mol. The van der Waals surface area contributed by atoms with Crippen molar-refractivity contribution in [1.82, 2.24) is 15.2 Å². The number of thiophene rings is 1. The number of methoxy groups -OCH3 is 1. The van der Waals surface area contributed by atoms with Gasteiger partial charge in [-0.15, -0.1) is 11.3 Å². The van der Waals surface area contributed by atoms with E-state index in [2.05, 4.69) is 45.6 Å². The molecule has 2 N–H and O–H groups in total. The van der Waals surface area contributed by atoms with Gasteiger partial charge >= 0.3 is 0 Å². The normalized spacial score (nSPS) is 17.5. The van der Waals surface area contributed by atoms with E-state index < -0.39 is 0 Å². The summed E-state index contributed by atoms with van der Waals surface area (Å²) in [6.07, 6.45) is 6.25. The van der Waals surface area contributed by atoms with Crippen LogP contribution in [-0.2, 0) is 12.8 Å². The summed E-state index contributed by atoms with van der Waals surface area (Å²) in [5.41, 5.74) is 3.58. The molecule has 0 aliphatic carbocycles. The zero-order chi connectivity index (χ0) is 22.8. The minimum Gasteiger partial charge on any atom is -0.497 e. The van der Waals surface area contributed by atoms with Gasteiger partial charge in [0.1, 0.15) is 16.6 Å². The molecule has 33 heavy (non-hydrogen) atoms. The van der Waals surface area contributed by atoms with Crippen LogP contribution < -0.4 is 25.9 Å². The third-order valence-corrected chi connectivity index (χ3v) is 7.58. The van der Waals surface area contributed by atoms with Crippen LogP contribution >= 0.6 is 11.3 Å². The molecule has 5 nitrogen and oxygen atoms in total. The van der Waals surface area contributed by atoms with Crippen LogP contribution in [-0.4, -0.2) is 42.7 Å². The lowest BCUT2D eigenvalue weighted by molar-refractivity contribution is 0.268. The molecule has 5 rings (SSSR count). The molecular formula is C26H29FN4OS. The summed E-state index contributed by atoms with van der Waals surface area (Å²) >= 11 is 1.77. The van der Waals surface area contributed by atoms with E-state index in [1.807, 2.05) is 18.3 Å². The lowest BCUT2D eigenvalue weighted by atomic mass is 10.0. The largest absolute Gasteiger partial charge is 0.497 e. The number of hydrogen-bond donors (Lipinski definition) is 2. The van der Waals surface area contributed by atoms with Crippen molar-refractivity contribution in [2.45, 2.75) is 32.2 Å². The van der Waals surface area contributed by atoms with E-state index in [4.69, 9.17) is 4.74 Å². The van der Waals surface area contributed by atoms with Gasteiger partial charge in [-0.3, -0.25) is 4.98 Å². The molecule has 3 aromatic rings. The minimum absolute atomic E-state index is 0.316. The Morgan fingerprint density at radius 2 is 2.09 bits per heavy atom. The first-order valence-electron chi connectivity index (χ1n) is 11.5. The van der Waals surface area contributed by atoms with Crippen LogP contribution in [0, 0.1) is 5.82 Å². The van der Waals surface area contributed by atoms with Crippen molar-refractivity contribution < 1.29 is 9.13 Å². The van der Waals surface area contributed by atoms with Gasteiger partial charge in [-0.1, -0.05) is 19.1 Å². The molecule has 1 saturated heterocycles. The molecule has 1 aromatic carbocycles. The lowest BCUT2D eigenvalue weighted by Gasteiger charge is -2.36. The molecule has 1 fully saturated rings. The zero-order valence-electron chi connectivity index (χ0n) is 19.0. The molecular weight excluding hydrogens is 435 g/mol. The van der Waals surface area contributed by atoms with Gasteiger partial charge in [0.25, 0.3) is 0 Å². The first-order chi connectivity index (χ1) is 16.1. The minimum atomic E-state index is -0.316. The quantitative estimate of drug-likeness (QED) is 0.587. The number of aryl methyl sites for hydroxylation is 2. The van der Waals surface area contributed by atoms with Crippen LogP contribution in [0.25, 0.3) is 11.9 Å². The third-order valence-electron chi connectivity index (χ3n) is 6.37. The molecule has 172 valence electrons. The Kier molecular flexibility index (Phi) is 6.33. The molecule has 1 unspecified atom stereocenters. The van der Waals surface area contributed by atoms with Gasteiger partial charge < -0.3 is 20.3 Å². The fraction of sp³-hybridized carbons (Fsp3) is 0.346. The Bertz CT molecular complexity index is 1250. The Hall–Kier alpha value is -2.90. The van der Waals surface area contributed by atoms with Crippen molar-refractivity contribution in [3.8, 4) is 5.75 Å². The predicted octanol–water partition coefficient (Wildman–Crippen LogP) is 3.08. The maximum atomic E-state index is 14.0. The molecule has 2 aliphatic heterocycles. The average molecular weight is 465 g/mol. The molecule has 0 spiro atoms. The number of ether oxygens (including phenoxy) is 1. The van der Waals surface area contributed by atoms with Crippen LogP contribution in [0.2, 0.25) is 0 Å². The summed E-state index contributed by atoms with van der Waals surface area (Å²) in [5.74, 6) is 0.569. The first-order valence-corrected chi connectivity index (χ1v) is 12.3. The number of pyridine rings is 1. The monoisotopic (exact) mass is 464 g/mol. The fourth-order valence-electron chi connectivity index (χ4n) is 4.61. The second kappa shape index (κ2) is 9.53. The summed E-state index contributed by atoms with van der Waals surface area (Å²) in [6.45, 7) is 4.87. The van der Waals surface area contributed by atoms with Gasteiger partial charge in [-0.05, 0) is 49.1 Å². The van der Waals surface area contributed by atoms with Gasteiger partial charge in [0.15, 0.2) is 0 Å². The highest BCUT2D eigenvalue weighted by atomic mass is 32.1. The van der Waals surface area contributed by atoms with Crippen molar-refractivity contribution in [3.05, 3.63) is 75.0 Å². The molecule has 0 radical (unpaired) electrons. The topological polar surface area (TPSA) is 49.4 Å². The Balaban J connectivity index is 1.44. The van der Waals surface area contributed by atoms with Gasteiger partial charge in [-0.25, -0.2) is 4.39 Å². The number of benzene rings is 1. The fourth-order valence-corrected chi connectivity index (χ4v) is 5.57. The summed E-state index contributed by atoms with van der Waals surface area (Å²) < 4.78 is 19.3. The van der Waals surface area contributed by atoms with E-state index in [-0.39, 0.29) is 5.82 Å². The molecule has 7 heteroatoms. The number of hydrogen-bond acceptors (Lipinski definition) is 6. The molecule has 0 bridgehead atoms. The highest BCUT2D eigenvalue weighted by molar-refractivity contribution is 7.16. The summed E-state index contributed by atoms with van der Waals surface area (Å²) in [4.78, 5) is 8.32. The van der Waals surface area contributed by atoms with E-state index in [0.29, 0.717) is 6.04 Å². The third kappa shape index (κ3) is 4.61. The lowest BCUT2D eigenvalue weighted by Crippen LogP contribution is -2.51. The Morgan fingerprint density at radius 1 is 1.24 bits per heavy atom. The highest BCUT2D eigenvalue weighted by Gasteiger charge is 2.26. The van der Waals surface area contributed by atoms with Crippen LogP contribution in [0.4, 0.5) is 9.39 Å². The van der Waals surface area contributed by atoms with E-state index in [1.165, 1.54) is 22.2 Å². The summed E-state index contributed by atoms with van der Waals surface area (Å²) in [7, 11) is 1.69. The van der Waals surface area contributed by atoms with Crippen molar-refractivity contribution in [1.29, 1.82) is 0 Å². The first kappa shape index (κ1) is 21.9. The maximum absolute atomic E-state index is 14.0. The van der Waals surface area contributed by atoms with Crippen LogP contribution in [0.5, 0.6) is 5.75 Å². The van der Waals surface area contributed by atoms with Gasteiger partial charge in [-0.2, -0.15) is 0 Å². The summed E-state index contributed by atoms with van der Waals surface area (Å²) in [6, 6.07) is 12.5. The van der Waals surface area contributed by atoms with Crippen molar-refractivity contribution in [2.75, 3.05) is 32.1 Å². The SMILES string of the molecule is CCc1cc2c(s1)NC=c1cc(F)cnc1=C2N1CCNC(CCc2ccc(OC)cc2)C1. The number of nitrogens with zero attached hydrogens (tertiary/aromatic N) is 2. The summed E-state index contributed by atoms with van der Waals surface area (Å²) in [5, 5.41) is 9.84. The Morgan fingerprint density at radius 3 is 2.88 bits per heavy atom. The molecule has 0 saturated carbocycles. The number of rotatable bonds is 6. The molecule has 1 atom stereocenters. The number of piperazine rings is 1. The van der Waals surface area contributed by atoms with E-state index >= 15 is 0 Å². The number of fused-ring (bicyclic) bond motifs is 2. The van der Waals surface area contributed by atoms with Crippen LogP contribution in [0.3, 0.4) is 0 Å². The molecule has 2 aromatic heterocycles. The number of halogens is 1. The van der Waals surface area contributed by atoms with E-state index in [9.17, 15) is 4.39 Å². The molecule has 4 heterocycles. The standard InChI is InChI=1S/C26H29FN4OS/c1-3-22-13-23-25(24-18(12-19(27)15-29-24)14-30-26(23)33-22)31-11-10-28-20(16-31)7-4-17-5-8-21(32-2)9-6-17/h5-6,8-9,12-15,20,28,30H,3-4,7,10-11,16H2,1-2H3. The van der Waals surface area contributed by atoms with Crippen LogP contribution in [0.15, 0.2) is 42.6 Å². The van der Waals surface area contributed by atoms with E-state index in [1.54, 1.807) is 24.5 Å². The smallest absolute Gasteiger partial charge is 0.142 e. The van der Waals surface area contributed by atoms with Gasteiger partial charge in [0.2, 0.25) is 0 Å². The number of aromatic nitrogens is 1. The van der Waals surface area contributed by atoms with Crippen LogP contribution in [0.1, 0.15) is 29.3 Å². The van der Waals surface area contributed by atoms with Gasteiger partial charge in [0.05, 0.1) is 24.4 Å². The highest BCUT2D eigenvalue weighted by Crippen LogP contribution is 2.35. The average Bonchev–Trinajstić information content (AvgIpc) is 3.20. The van der Waals surface area contributed by atoms with Crippen molar-refractivity contribution in [2.24, 2.45) is 0 Å². The molecule has 2 aliphatic rings. The second-order valence-corrected chi connectivity index (χ2v) is 9.66. The second-order valence-electron chi connectivity index (χ2n) is 8.52. The van der Waals surface area contributed by atoms with Crippen molar-refractivity contribution >= 4 is 28.2 Å². The Labute approximate surface area is 197 Å². The molecule has 0 amide bonds. The maximum Gasteiger partial charge on any atom is 0.142 e. The zero-order valence-corrected chi connectivity index (χ0v) is 19.8. The number of anilines is 1. The van der Waals surface area contributed by atoms with Gasteiger partial charge in [0, 0.05) is 47.5 Å². The number of nitrogens with one attached hydrogen (secondary N) is 2. The van der Waals surface area contributed by atoms with Crippen molar-refractivity contribution in [3.63, 3.8) is 0 Å². The van der Waals surface area contributed by atoms with E-state index in [0.717, 1.165) is 65.9 Å².